The molecule has 0 atom stereocenters. The van der Waals surface area contributed by atoms with E-state index in [1.165, 1.54) is 0 Å². The largest absolute Gasteiger partial charge is 0.493 e. The van der Waals surface area contributed by atoms with Crippen molar-refractivity contribution in [2.24, 2.45) is 5.10 Å². The van der Waals surface area contributed by atoms with Crippen molar-refractivity contribution in [1.82, 2.24) is 14.9 Å². The molecule has 0 saturated carbocycles. The van der Waals surface area contributed by atoms with Crippen LogP contribution >= 0.6 is 28.1 Å². The van der Waals surface area contributed by atoms with Crippen molar-refractivity contribution in [1.29, 1.82) is 0 Å². The van der Waals surface area contributed by atoms with Gasteiger partial charge in [-0.25, -0.2) is 5.10 Å². The first kappa shape index (κ1) is 21.0. The fourth-order valence-corrected chi connectivity index (χ4v) is 3.60. The maximum atomic E-state index is 5.99. The highest BCUT2D eigenvalue weighted by Gasteiger charge is 2.11. The molecule has 31 heavy (non-hydrogen) atoms. The van der Waals surface area contributed by atoms with Crippen LogP contribution in [0.5, 0.6) is 11.5 Å². The molecule has 4 aromatic rings. The van der Waals surface area contributed by atoms with Crippen molar-refractivity contribution >= 4 is 34.4 Å². The van der Waals surface area contributed by atoms with Crippen LogP contribution in [0.15, 0.2) is 82.4 Å². The quantitative estimate of drug-likeness (QED) is 0.259. The molecule has 1 aromatic heterocycles. The molecular weight excluding hydrogens is 476 g/mol. The fourth-order valence-electron chi connectivity index (χ4n) is 2.96. The predicted molar refractivity (Wildman–Crippen MR) is 127 cm³/mol. The second kappa shape index (κ2) is 9.72. The minimum Gasteiger partial charge on any atom is -0.493 e. The molecule has 0 saturated heterocycles. The summed E-state index contributed by atoms with van der Waals surface area (Å²) in [6.07, 6.45) is 1.71. The average molecular weight is 495 g/mol. The van der Waals surface area contributed by atoms with Gasteiger partial charge in [0, 0.05) is 10.0 Å². The maximum absolute atomic E-state index is 5.99. The van der Waals surface area contributed by atoms with Gasteiger partial charge in [0.05, 0.1) is 13.3 Å². The number of aromatic nitrogens is 3. The first-order valence-electron chi connectivity index (χ1n) is 9.47. The first-order chi connectivity index (χ1) is 15.2. The van der Waals surface area contributed by atoms with Gasteiger partial charge in [0.2, 0.25) is 4.77 Å². The van der Waals surface area contributed by atoms with Gasteiger partial charge in [-0.1, -0.05) is 58.4 Å². The number of nitrogens with one attached hydrogen (secondary N) is 1. The molecule has 6 nitrogen and oxygen atoms in total. The fraction of sp³-hybridized carbons (Fsp3) is 0.0870. The zero-order valence-corrected chi connectivity index (χ0v) is 19.1. The Balaban J connectivity index is 1.61. The SMILES string of the molecule is COc1ccc(C=Nn2c(-c3ccccc3Br)n[nH]c2=S)cc1OCc1ccccc1. The number of aromatic amines is 1. The van der Waals surface area contributed by atoms with E-state index in [1.807, 2.05) is 72.8 Å². The third-order valence-electron chi connectivity index (χ3n) is 4.51. The van der Waals surface area contributed by atoms with Crippen LogP contribution < -0.4 is 9.47 Å². The second-order valence-electron chi connectivity index (χ2n) is 6.57. The van der Waals surface area contributed by atoms with Crippen LogP contribution in [-0.2, 0) is 6.61 Å². The third-order valence-corrected chi connectivity index (χ3v) is 5.47. The molecule has 3 aromatic carbocycles. The highest BCUT2D eigenvalue weighted by Crippen LogP contribution is 2.29. The molecule has 156 valence electrons. The Bertz CT molecular complexity index is 1270. The zero-order chi connectivity index (χ0) is 21.6. The molecule has 0 aliphatic heterocycles. The normalized spacial score (nSPS) is 11.0. The number of rotatable bonds is 7. The summed E-state index contributed by atoms with van der Waals surface area (Å²) in [6.45, 7) is 0.441. The number of hydrogen-bond acceptors (Lipinski definition) is 5. The van der Waals surface area contributed by atoms with E-state index in [1.54, 1.807) is 18.0 Å². The molecule has 8 heteroatoms. The number of nitrogens with zero attached hydrogens (tertiary/aromatic N) is 3. The Morgan fingerprint density at radius 2 is 1.84 bits per heavy atom. The van der Waals surface area contributed by atoms with Gasteiger partial charge in [-0.05, 0) is 53.7 Å². The second-order valence-corrected chi connectivity index (χ2v) is 7.81. The van der Waals surface area contributed by atoms with Gasteiger partial charge >= 0.3 is 0 Å². The van der Waals surface area contributed by atoms with Gasteiger partial charge < -0.3 is 9.47 Å². The average Bonchev–Trinajstić information content (AvgIpc) is 3.17. The van der Waals surface area contributed by atoms with Crippen LogP contribution in [0.3, 0.4) is 0 Å². The summed E-state index contributed by atoms with van der Waals surface area (Å²) in [6, 6.07) is 23.4. The number of benzene rings is 3. The van der Waals surface area contributed by atoms with Crippen LogP contribution in [-0.4, -0.2) is 28.2 Å². The smallest absolute Gasteiger partial charge is 0.216 e. The molecule has 1 heterocycles. The summed E-state index contributed by atoms with van der Waals surface area (Å²) in [7, 11) is 1.62. The van der Waals surface area contributed by atoms with Crippen molar-refractivity contribution < 1.29 is 9.47 Å². The minimum absolute atomic E-state index is 0.399. The van der Waals surface area contributed by atoms with Crippen LogP contribution in [0.4, 0.5) is 0 Å². The topological polar surface area (TPSA) is 64.4 Å². The monoisotopic (exact) mass is 494 g/mol. The van der Waals surface area contributed by atoms with Crippen LogP contribution in [0.1, 0.15) is 11.1 Å². The van der Waals surface area contributed by atoms with Gasteiger partial charge in [-0.3, -0.25) is 0 Å². The Morgan fingerprint density at radius 3 is 2.61 bits per heavy atom. The van der Waals surface area contributed by atoms with Gasteiger partial charge in [0.15, 0.2) is 17.3 Å². The van der Waals surface area contributed by atoms with E-state index < -0.39 is 0 Å². The predicted octanol–water partition coefficient (Wildman–Crippen LogP) is 5.84. The van der Waals surface area contributed by atoms with E-state index in [9.17, 15) is 0 Å². The molecule has 4 rings (SSSR count). The van der Waals surface area contributed by atoms with E-state index in [2.05, 4.69) is 31.2 Å². The summed E-state index contributed by atoms with van der Waals surface area (Å²) in [5.41, 5.74) is 2.80. The Morgan fingerprint density at radius 1 is 1.06 bits per heavy atom. The Labute approximate surface area is 193 Å². The first-order valence-corrected chi connectivity index (χ1v) is 10.7. The van der Waals surface area contributed by atoms with Crippen molar-refractivity contribution in [3.63, 3.8) is 0 Å². The lowest BCUT2D eigenvalue weighted by molar-refractivity contribution is 0.284. The number of halogens is 1. The summed E-state index contributed by atoms with van der Waals surface area (Å²) < 4.78 is 14.3. The standard InChI is InChI=1S/C23H19BrN4O2S/c1-29-20-12-11-17(13-21(20)30-15-16-7-3-2-4-8-16)14-25-28-22(26-27-23(28)31)18-9-5-6-10-19(18)24/h2-14H,15H2,1H3,(H,27,31). The van der Waals surface area contributed by atoms with Crippen molar-refractivity contribution in [2.75, 3.05) is 7.11 Å². The van der Waals surface area contributed by atoms with Crippen molar-refractivity contribution in [2.45, 2.75) is 6.61 Å². The molecule has 0 aliphatic carbocycles. The maximum Gasteiger partial charge on any atom is 0.216 e. The van der Waals surface area contributed by atoms with Gasteiger partial charge in [0.1, 0.15) is 6.61 Å². The zero-order valence-electron chi connectivity index (χ0n) is 16.7. The van der Waals surface area contributed by atoms with E-state index in [0.29, 0.717) is 28.7 Å². The number of hydrogen-bond donors (Lipinski definition) is 1. The van der Waals surface area contributed by atoms with Gasteiger partial charge in [0.25, 0.3) is 0 Å². The third kappa shape index (κ3) is 4.92. The van der Waals surface area contributed by atoms with Gasteiger partial charge in [-0.2, -0.15) is 14.9 Å². The van der Waals surface area contributed by atoms with E-state index in [-0.39, 0.29) is 0 Å². The molecule has 1 N–H and O–H groups in total. The number of ether oxygens (including phenoxy) is 2. The Kier molecular flexibility index (Phi) is 6.59. The summed E-state index contributed by atoms with van der Waals surface area (Å²) >= 11 is 8.91. The summed E-state index contributed by atoms with van der Waals surface area (Å²) in [4.78, 5) is 0. The molecule has 0 amide bonds. The lowest BCUT2D eigenvalue weighted by atomic mass is 10.2. The molecule has 0 fully saturated rings. The van der Waals surface area contributed by atoms with Gasteiger partial charge in [-0.15, -0.1) is 0 Å². The van der Waals surface area contributed by atoms with E-state index in [0.717, 1.165) is 21.2 Å². The molecular formula is C23H19BrN4O2S. The summed E-state index contributed by atoms with van der Waals surface area (Å²) in [5.74, 6) is 1.90. The highest BCUT2D eigenvalue weighted by molar-refractivity contribution is 9.10. The molecule has 0 unspecified atom stereocenters. The number of H-pyrrole nitrogens is 1. The molecule has 0 bridgehead atoms. The van der Waals surface area contributed by atoms with Crippen molar-refractivity contribution in [3.8, 4) is 22.9 Å². The summed E-state index contributed by atoms with van der Waals surface area (Å²) in [5, 5.41) is 11.7. The Hall–Kier alpha value is -3.23. The minimum atomic E-state index is 0.399. The number of methoxy groups -OCH3 is 1. The van der Waals surface area contributed by atoms with E-state index in [4.69, 9.17) is 21.7 Å². The van der Waals surface area contributed by atoms with Crippen LogP contribution in [0, 0.1) is 4.77 Å². The molecule has 0 aliphatic rings. The lowest BCUT2D eigenvalue weighted by Gasteiger charge is -2.11. The lowest BCUT2D eigenvalue weighted by Crippen LogP contribution is -1.99. The highest BCUT2D eigenvalue weighted by atomic mass is 79.9. The molecule has 0 spiro atoms. The van der Waals surface area contributed by atoms with Crippen molar-refractivity contribution in [3.05, 3.63) is 93.2 Å². The molecule has 0 radical (unpaired) electrons. The van der Waals surface area contributed by atoms with Crippen LogP contribution in [0.2, 0.25) is 0 Å². The van der Waals surface area contributed by atoms with E-state index >= 15 is 0 Å². The van der Waals surface area contributed by atoms with Crippen LogP contribution in [0.25, 0.3) is 11.4 Å².